The van der Waals surface area contributed by atoms with E-state index in [-0.39, 0.29) is 10.9 Å². The van der Waals surface area contributed by atoms with Crippen molar-refractivity contribution in [2.45, 2.75) is 37.8 Å². The van der Waals surface area contributed by atoms with Crippen LogP contribution in [0.25, 0.3) is 0 Å². The third kappa shape index (κ3) is 4.64. The van der Waals surface area contributed by atoms with Crippen LogP contribution in [0, 0.1) is 0 Å². The van der Waals surface area contributed by atoms with Gasteiger partial charge in [-0.25, -0.2) is 13.1 Å². The Morgan fingerprint density at radius 2 is 2.28 bits per heavy atom. The first-order chi connectivity index (χ1) is 8.49. The largest absolute Gasteiger partial charge is 0.363 e. The molecule has 5 nitrogen and oxygen atoms in total. The second kappa shape index (κ2) is 7.18. The highest BCUT2D eigenvalue weighted by Crippen LogP contribution is 2.12. The smallest absolute Gasteiger partial charge is 0.242 e. The number of rotatable bonds is 8. The lowest BCUT2D eigenvalue weighted by molar-refractivity contribution is 0.557. The van der Waals surface area contributed by atoms with Crippen LogP contribution >= 0.6 is 11.8 Å². The van der Waals surface area contributed by atoms with Crippen molar-refractivity contribution in [2.75, 3.05) is 11.5 Å². The van der Waals surface area contributed by atoms with Gasteiger partial charge >= 0.3 is 0 Å². The SMILES string of the molecule is CCSCCC(C)NS(=O)(=O)c1c[nH]c(CN)c1. The van der Waals surface area contributed by atoms with Gasteiger partial charge in [-0.3, -0.25) is 0 Å². The summed E-state index contributed by atoms with van der Waals surface area (Å²) in [6.07, 6.45) is 2.30. The molecule has 0 spiro atoms. The molecule has 0 saturated carbocycles. The van der Waals surface area contributed by atoms with Crippen LogP contribution in [0.3, 0.4) is 0 Å². The number of sulfonamides is 1. The Morgan fingerprint density at radius 3 is 2.83 bits per heavy atom. The molecule has 0 aromatic carbocycles. The minimum atomic E-state index is -3.43. The quantitative estimate of drug-likeness (QED) is 0.630. The number of hydrogen-bond acceptors (Lipinski definition) is 4. The fourth-order valence-electron chi connectivity index (χ4n) is 1.49. The van der Waals surface area contributed by atoms with Crippen molar-refractivity contribution in [3.05, 3.63) is 18.0 Å². The van der Waals surface area contributed by atoms with Crippen LogP contribution in [0.5, 0.6) is 0 Å². The molecule has 7 heteroatoms. The monoisotopic (exact) mass is 291 g/mol. The van der Waals surface area contributed by atoms with Crippen molar-refractivity contribution < 1.29 is 8.42 Å². The van der Waals surface area contributed by atoms with Crippen molar-refractivity contribution in [1.29, 1.82) is 0 Å². The Hall–Kier alpha value is -0.500. The summed E-state index contributed by atoms with van der Waals surface area (Å²) < 4.78 is 26.7. The maximum Gasteiger partial charge on any atom is 0.242 e. The van der Waals surface area contributed by atoms with Crippen LogP contribution in [0.4, 0.5) is 0 Å². The van der Waals surface area contributed by atoms with E-state index in [0.717, 1.165) is 17.9 Å². The standard InChI is InChI=1S/C11H21N3O2S2/c1-3-17-5-4-9(2)14-18(15,16)11-6-10(7-12)13-8-11/h6,8-9,13-14H,3-5,7,12H2,1-2H3. The molecule has 0 saturated heterocycles. The van der Waals surface area contributed by atoms with Crippen LogP contribution < -0.4 is 10.5 Å². The second-order valence-electron chi connectivity index (χ2n) is 4.07. The molecule has 0 aliphatic heterocycles. The second-order valence-corrected chi connectivity index (χ2v) is 7.18. The number of H-pyrrole nitrogens is 1. The van der Waals surface area contributed by atoms with Gasteiger partial charge in [-0.1, -0.05) is 6.92 Å². The maximum atomic E-state index is 12.0. The third-order valence-electron chi connectivity index (χ3n) is 2.50. The molecule has 0 aliphatic carbocycles. The summed E-state index contributed by atoms with van der Waals surface area (Å²) in [5.74, 6) is 2.01. The van der Waals surface area contributed by atoms with Gasteiger partial charge < -0.3 is 10.7 Å². The summed E-state index contributed by atoms with van der Waals surface area (Å²) in [5, 5.41) is 0. The van der Waals surface area contributed by atoms with Gasteiger partial charge in [0.1, 0.15) is 0 Å². The Bertz CT molecular complexity index is 457. The molecule has 4 N–H and O–H groups in total. The first kappa shape index (κ1) is 15.6. The molecule has 18 heavy (non-hydrogen) atoms. The molecule has 1 heterocycles. The van der Waals surface area contributed by atoms with E-state index in [4.69, 9.17) is 5.73 Å². The van der Waals surface area contributed by atoms with Crippen LogP contribution in [0.15, 0.2) is 17.2 Å². The zero-order valence-corrected chi connectivity index (χ0v) is 12.4. The minimum Gasteiger partial charge on any atom is -0.363 e. The van der Waals surface area contributed by atoms with Gasteiger partial charge in [0.05, 0.1) is 4.90 Å². The molecular formula is C11H21N3O2S2. The molecule has 0 aliphatic rings. The van der Waals surface area contributed by atoms with Crippen molar-refractivity contribution in [3.8, 4) is 0 Å². The lowest BCUT2D eigenvalue weighted by Gasteiger charge is -2.12. The van der Waals surface area contributed by atoms with Crippen molar-refractivity contribution >= 4 is 21.8 Å². The maximum absolute atomic E-state index is 12.0. The van der Waals surface area contributed by atoms with E-state index in [1.54, 1.807) is 6.07 Å². The van der Waals surface area contributed by atoms with E-state index in [1.165, 1.54) is 6.20 Å². The van der Waals surface area contributed by atoms with Gasteiger partial charge in [-0.15, -0.1) is 0 Å². The highest BCUT2D eigenvalue weighted by molar-refractivity contribution is 7.99. The summed E-state index contributed by atoms with van der Waals surface area (Å²) >= 11 is 1.81. The summed E-state index contributed by atoms with van der Waals surface area (Å²) in [6, 6.07) is 1.50. The first-order valence-electron chi connectivity index (χ1n) is 5.97. The van der Waals surface area contributed by atoms with Crippen molar-refractivity contribution in [3.63, 3.8) is 0 Å². The van der Waals surface area contributed by atoms with Crippen molar-refractivity contribution in [1.82, 2.24) is 9.71 Å². The van der Waals surface area contributed by atoms with Crippen LogP contribution in [-0.4, -0.2) is 30.9 Å². The molecular weight excluding hydrogens is 270 g/mol. The fraction of sp³-hybridized carbons (Fsp3) is 0.636. The first-order valence-corrected chi connectivity index (χ1v) is 8.60. The van der Waals surface area contributed by atoms with Crippen molar-refractivity contribution in [2.24, 2.45) is 5.73 Å². The molecule has 0 radical (unpaired) electrons. The molecule has 0 amide bonds. The van der Waals surface area contributed by atoms with E-state index in [9.17, 15) is 8.42 Å². The van der Waals surface area contributed by atoms with E-state index in [0.29, 0.717) is 12.2 Å². The number of nitrogens with one attached hydrogen (secondary N) is 2. The van der Waals surface area contributed by atoms with Gasteiger partial charge in [-0.05, 0) is 30.9 Å². The Morgan fingerprint density at radius 1 is 1.56 bits per heavy atom. The molecule has 0 fully saturated rings. The Kier molecular flexibility index (Phi) is 6.20. The Labute approximate surface area is 113 Å². The molecule has 1 aromatic heterocycles. The van der Waals surface area contributed by atoms with Crippen LogP contribution in [-0.2, 0) is 16.6 Å². The van der Waals surface area contributed by atoms with Crippen LogP contribution in [0.1, 0.15) is 26.0 Å². The number of aromatic amines is 1. The number of aromatic nitrogens is 1. The third-order valence-corrected chi connectivity index (χ3v) is 5.00. The van der Waals surface area contributed by atoms with Gasteiger partial charge in [0.25, 0.3) is 0 Å². The van der Waals surface area contributed by atoms with Gasteiger partial charge in [0, 0.05) is 24.5 Å². The van der Waals surface area contributed by atoms with E-state index < -0.39 is 10.0 Å². The van der Waals surface area contributed by atoms with Gasteiger partial charge in [0.2, 0.25) is 10.0 Å². The Balaban J connectivity index is 2.58. The molecule has 1 atom stereocenters. The molecule has 0 bridgehead atoms. The van der Waals surface area contributed by atoms with E-state index >= 15 is 0 Å². The zero-order chi connectivity index (χ0) is 13.6. The molecule has 104 valence electrons. The molecule has 1 unspecified atom stereocenters. The predicted molar refractivity (Wildman–Crippen MR) is 76.1 cm³/mol. The summed E-state index contributed by atoms with van der Waals surface area (Å²) in [4.78, 5) is 3.09. The average Bonchev–Trinajstić information content (AvgIpc) is 2.78. The van der Waals surface area contributed by atoms with E-state index in [2.05, 4.69) is 16.6 Å². The number of hydrogen-bond donors (Lipinski definition) is 3. The topological polar surface area (TPSA) is 88.0 Å². The zero-order valence-electron chi connectivity index (χ0n) is 10.8. The molecule has 1 rings (SSSR count). The predicted octanol–water partition coefficient (Wildman–Crippen LogP) is 1.28. The lowest BCUT2D eigenvalue weighted by atomic mass is 10.3. The van der Waals surface area contributed by atoms with Gasteiger partial charge in [0.15, 0.2) is 0 Å². The summed E-state index contributed by atoms with van der Waals surface area (Å²) in [7, 11) is -3.43. The fourth-order valence-corrected chi connectivity index (χ4v) is 3.59. The molecule has 1 aromatic rings. The average molecular weight is 291 g/mol. The summed E-state index contributed by atoms with van der Waals surface area (Å²) in [6.45, 7) is 4.27. The normalized spacial score (nSPS) is 13.7. The highest BCUT2D eigenvalue weighted by atomic mass is 32.2. The summed E-state index contributed by atoms with van der Waals surface area (Å²) in [5.41, 5.74) is 6.15. The van der Waals surface area contributed by atoms with E-state index in [1.807, 2.05) is 18.7 Å². The number of nitrogens with two attached hydrogens (primary N) is 1. The van der Waals surface area contributed by atoms with Crippen LogP contribution in [0.2, 0.25) is 0 Å². The minimum absolute atomic E-state index is 0.0646. The highest BCUT2D eigenvalue weighted by Gasteiger charge is 2.18. The number of thioether (sulfide) groups is 1. The lowest BCUT2D eigenvalue weighted by Crippen LogP contribution is -2.32. The van der Waals surface area contributed by atoms with Gasteiger partial charge in [-0.2, -0.15) is 11.8 Å².